The summed E-state index contributed by atoms with van der Waals surface area (Å²) in [7, 11) is 1.69. The fourth-order valence-electron chi connectivity index (χ4n) is 1.86. The largest absolute Gasteiger partial charge is 0.409 e. The first-order valence-electron chi connectivity index (χ1n) is 6.65. The summed E-state index contributed by atoms with van der Waals surface area (Å²) in [5, 5.41) is 14.6. The van der Waals surface area contributed by atoms with Gasteiger partial charge in [-0.1, -0.05) is 17.3 Å². The molecule has 0 unspecified atom stereocenters. The number of halogens is 1. The van der Waals surface area contributed by atoms with Crippen LogP contribution in [0.1, 0.15) is 30.4 Å². The van der Waals surface area contributed by atoms with E-state index in [2.05, 4.69) is 10.5 Å². The van der Waals surface area contributed by atoms with Gasteiger partial charge in [0, 0.05) is 25.8 Å². The quantitative estimate of drug-likeness (QED) is 0.212. The monoisotopic (exact) mass is 283 g/mol. The van der Waals surface area contributed by atoms with Crippen molar-refractivity contribution in [2.75, 3.05) is 20.3 Å². The van der Waals surface area contributed by atoms with Crippen LogP contribution in [-0.2, 0) is 11.3 Å². The summed E-state index contributed by atoms with van der Waals surface area (Å²) < 4.78 is 19.0. The SMILES string of the molecule is COCCCCCNCc1cccc(/C(N)=N/O)c1F. The van der Waals surface area contributed by atoms with Gasteiger partial charge >= 0.3 is 0 Å². The van der Waals surface area contributed by atoms with E-state index in [-0.39, 0.29) is 11.4 Å². The van der Waals surface area contributed by atoms with Crippen LogP contribution in [0.2, 0.25) is 0 Å². The average molecular weight is 283 g/mol. The zero-order valence-corrected chi connectivity index (χ0v) is 11.7. The Morgan fingerprint density at radius 1 is 1.40 bits per heavy atom. The summed E-state index contributed by atoms with van der Waals surface area (Å²) >= 11 is 0. The Morgan fingerprint density at radius 2 is 2.20 bits per heavy atom. The third kappa shape index (κ3) is 5.14. The maximum absolute atomic E-state index is 14.1. The minimum Gasteiger partial charge on any atom is -0.409 e. The molecule has 1 rings (SSSR count). The molecule has 0 fully saturated rings. The van der Waals surface area contributed by atoms with Crippen molar-refractivity contribution in [2.45, 2.75) is 25.8 Å². The predicted molar refractivity (Wildman–Crippen MR) is 76.3 cm³/mol. The number of benzene rings is 1. The molecule has 0 spiro atoms. The number of rotatable bonds is 9. The van der Waals surface area contributed by atoms with Gasteiger partial charge in [-0.15, -0.1) is 0 Å². The maximum Gasteiger partial charge on any atom is 0.173 e. The number of amidine groups is 1. The van der Waals surface area contributed by atoms with Crippen LogP contribution in [0.25, 0.3) is 0 Å². The number of nitrogens with zero attached hydrogens (tertiary/aromatic N) is 1. The van der Waals surface area contributed by atoms with E-state index < -0.39 is 5.82 Å². The van der Waals surface area contributed by atoms with E-state index in [1.807, 2.05) is 0 Å². The second-order valence-corrected chi connectivity index (χ2v) is 4.49. The van der Waals surface area contributed by atoms with E-state index in [1.54, 1.807) is 19.2 Å². The number of methoxy groups -OCH3 is 1. The Morgan fingerprint density at radius 3 is 2.90 bits per heavy atom. The van der Waals surface area contributed by atoms with Crippen molar-refractivity contribution in [1.29, 1.82) is 0 Å². The van der Waals surface area contributed by atoms with E-state index >= 15 is 0 Å². The number of unbranched alkanes of at least 4 members (excludes halogenated alkanes) is 2. The number of hydrogen-bond donors (Lipinski definition) is 3. The molecule has 0 aliphatic rings. The van der Waals surface area contributed by atoms with Crippen molar-refractivity contribution in [2.24, 2.45) is 10.9 Å². The summed E-state index contributed by atoms with van der Waals surface area (Å²) in [5.41, 5.74) is 6.04. The maximum atomic E-state index is 14.1. The molecular weight excluding hydrogens is 261 g/mol. The third-order valence-corrected chi connectivity index (χ3v) is 2.98. The molecule has 4 N–H and O–H groups in total. The van der Waals surface area contributed by atoms with Gasteiger partial charge in [-0.2, -0.15) is 0 Å². The van der Waals surface area contributed by atoms with Crippen molar-refractivity contribution in [3.05, 3.63) is 35.1 Å². The molecule has 112 valence electrons. The topological polar surface area (TPSA) is 79.9 Å². The zero-order valence-electron chi connectivity index (χ0n) is 11.7. The summed E-state index contributed by atoms with van der Waals surface area (Å²) in [6.45, 7) is 2.01. The standard InChI is InChI=1S/C14H22FN3O2/c1-20-9-4-2-3-8-17-10-11-6-5-7-12(13(11)15)14(16)18-19/h5-7,17,19H,2-4,8-10H2,1H3,(H2,16,18). The first-order chi connectivity index (χ1) is 9.70. The normalized spacial score (nSPS) is 11.8. The molecule has 0 bridgehead atoms. The highest BCUT2D eigenvalue weighted by Gasteiger charge is 2.10. The second kappa shape index (κ2) is 9.28. The van der Waals surface area contributed by atoms with Gasteiger partial charge in [-0.25, -0.2) is 4.39 Å². The first kappa shape index (κ1) is 16.4. The molecule has 0 atom stereocenters. The third-order valence-electron chi connectivity index (χ3n) is 2.98. The lowest BCUT2D eigenvalue weighted by atomic mass is 10.1. The molecule has 1 aromatic carbocycles. The fourth-order valence-corrected chi connectivity index (χ4v) is 1.86. The number of oxime groups is 1. The van der Waals surface area contributed by atoms with Gasteiger partial charge in [-0.3, -0.25) is 0 Å². The lowest BCUT2D eigenvalue weighted by molar-refractivity contribution is 0.192. The van der Waals surface area contributed by atoms with Gasteiger partial charge in [0.2, 0.25) is 0 Å². The van der Waals surface area contributed by atoms with Crippen LogP contribution in [0.15, 0.2) is 23.4 Å². The summed E-state index contributed by atoms with van der Waals surface area (Å²) in [6.07, 6.45) is 3.13. The predicted octanol–water partition coefficient (Wildman–Crippen LogP) is 1.83. The van der Waals surface area contributed by atoms with Gasteiger partial charge in [0.05, 0.1) is 5.56 Å². The molecule has 0 radical (unpaired) electrons. The molecule has 0 aliphatic carbocycles. The van der Waals surface area contributed by atoms with Gasteiger partial charge in [0.15, 0.2) is 5.84 Å². The van der Waals surface area contributed by atoms with Crippen LogP contribution in [0.5, 0.6) is 0 Å². The van der Waals surface area contributed by atoms with Gasteiger partial charge < -0.3 is 21.0 Å². The van der Waals surface area contributed by atoms with Crippen molar-refractivity contribution < 1.29 is 14.3 Å². The summed E-state index contributed by atoms with van der Waals surface area (Å²) in [4.78, 5) is 0. The molecule has 5 nitrogen and oxygen atoms in total. The smallest absolute Gasteiger partial charge is 0.173 e. The molecule has 0 saturated carbocycles. The van der Waals surface area contributed by atoms with Gasteiger partial charge in [-0.05, 0) is 31.9 Å². The number of hydrogen-bond acceptors (Lipinski definition) is 4. The van der Waals surface area contributed by atoms with Crippen LogP contribution < -0.4 is 11.1 Å². The Kier molecular flexibility index (Phi) is 7.60. The van der Waals surface area contributed by atoms with Crippen LogP contribution in [0, 0.1) is 5.82 Å². The van der Waals surface area contributed by atoms with Crippen molar-refractivity contribution in [1.82, 2.24) is 5.32 Å². The lowest BCUT2D eigenvalue weighted by Crippen LogP contribution is -2.19. The van der Waals surface area contributed by atoms with Crippen molar-refractivity contribution >= 4 is 5.84 Å². The highest BCUT2D eigenvalue weighted by molar-refractivity contribution is 5.97. The first-order valence-corrected chi connectivity index (χ1v) is 6.65. The Hall–Kier alpha value is -1.66. The minimum atomic E-state index is -0.449. The molecule has 1 aromatic rings. The zero-order chi connectivity index (χ0) is 14.8. The molecule has 0 aliphatic heterocycles. The molecule has 0 saturated heterocycles. The number of nitrogens with one attached hydrogen (secondary N) is 1. The van der Waals surface area contributed by atoms with Crippen molar-refractivity contribution in [3.8, 4) is 0 Å². The summed E-state index contributed by atoms with van der Waals surface area (Å²) in [5.74, 6) is -0.668. The number of ether oxygens (including phenoxy) is 1. The highest BCUT2D eigenvalue weighted by atomic mass is 19.1. The molecule has 0 aromatic heterocycles. The molecule has 20 heavy (non-hydrogen) atoms. The van der Waals surface area contributed by atoms with E-state index in [0.717, 1.165) is 32.4 Å². The molecular formula is C14H22FN3O2. The van der Waals surface area contributed by atoms with E-state index in [1.165, 1.54) is 6.07 Å². The fraction of sp³-hybridized carbons (Fsp3) is 0.500. The lowest BCUT2D eigenvalue weighted by Gasteiger charge is -2.08. The second-order valence-electron chi connectivity index (χ2n) is 4.49. The minimum absolute atomic E-state index is 0.117. The Bertz CT molecular complexity index is 438. The van der Waals surface area contributed by atoms with E-state index in [0.29, 0.717) is 12.1 Å². The Balaban J connectivity index is 2.41. The average Bonchev–Trinajstić information content (AvgIpc) is 2.47. The van der Waals surface area contributed by atoms with Crippen LogP contribution in [-0.4, -0.2) is 31.3 Å². The van der Waals surface area contributed by atoms with Gasteiger partial charge in [0.25, 0.3) is 0 Å². The van der Waals surface area contributed by atoms with E-state index in [4.69, 9.17) is 15.7 Å². The molecule has 6 heteroatoms. The summed E-state index contributed by atoms with van der Waals surface area (Å²) in [6, 6.07) is 4.85. The van der Waals surface area contributed by atoms with Gasteiger partial charge in [0.1, 0.15) is 5.82 Å². The Labute approximate surface area is 118 Å². The molecule has 0 heterocycles. The van der Waals surface area contributed by atoms with Crippen LogP contribution in [0.3, 0.4) is 0 Å². The van der Waals surface area contributed by atoms with E-state index in [9.17, 15) is 4.39 Å². The molecule has 0 amide bonds. The highest BCUT2D eigenvalue weighted by Crippen LogP contribution is 2.12. The van der Waals surface area contributed by atoms with Crippen LogP contribution in [0.4, 0.5) is 4.39 Å². The van der Waals surface area contributed by atoms with Crippen LogP contribution >= 0.6 is 0 Å². The van der Waals surface area contributed by atoms with Crippen molar-refractivity contribution in [3.63, 3.8) is 0 Å². The number of nitrogens with two attached hydrogens (primary N) is 1.